The largest absolute Gasteiger partial charge is 0.497 e. The molecule has 0 aliphatic carbocycles. The highest BCUT2D eigenvalue weighted by Crippen LogP contribution is 2.28. The summed E-state index contributed by atoms with van der Waals surface area (Å²) in [5.74, 6) is -0.707. The first-order valence-corrected chi connectivity index (χ1v) is 11.5. The summed E-state index contributed by atoms with van der Waals surface area (Å²) >= 11 is 6.08. The van der Waals surface area contributed by atoms with Crippen molar-refractivity contribution in [1.29, 1.82) is 0 Å². The van der Waals surface area contributed by atoms with Gasteiger partial charge in [-0.15, -0.1) is 0 Å². The van der Waals surface area contributed by atoms with E-state index in [1.807, 2.05) is 0 Å². The zero-order chi connectivity index (χ0) is 24.9. The highest BCUT2D eigenvalue weighted by Gasteiger charge is 2.20. The normalized spacial score (nSPS) is 10.9. The van der Waals surface area contributed by atoms with Crippen molar-refractivity contribution < 1.29 is 27.7 Å². The minimum absolute atomic E-state index is 0.0685. The average molecular weight is 504 g/mol. The molecule has 0 aromatic heterocycles. The van der Waals surface area contributed by atoms with Crippen LogP contribution in [-0.4, -0.2) is 32.1 Å². The van der Waals surface area contributed by atoms with E-state index in [4.69, 9.17) is 16.3 Å². The molecule has 3 rings (SSSR count). The fourth-order valence-corrected chi connectivity index (χ4v) is 4.46. The average Bonchev–Trinajstić information content (AvgIpc) is 2.80. The maximum atomic E-state index is 12.8. The third-order valence-corrected chi connectivity index (χ3v) is 6.43. The number of nitro benzene ring substituents is 1. The maximum Gasteiger partial charge on any atom is 0.269 e. The number of benzene rings is 3. The van der Waals surface area contributed by atoms with Crippen molar-refractivity contribution in [2.75, 3.05) is 17.1 Å². The predicted molar refractivity (Wildman–Crippen MR) is 126 cm³/mol. The van der Waals surface area contributed by atoms with Crippen LogP contribution in [-0.2, 0) is 14.8 Å². The number of non-ortho nitro benzene ring substituents is 1. The summed E-state index contributed by atoms with van der Waals surface area (Å²) in [5.41, 5.74) is 0.337. The number of anilines is 2. The Hall–Kier alpha value is -3.96. The molecular formula is C22H18ClN3O7S. The molecular weight excluding hydrogens is 486 g/mol. The van der Waals surface area contributed by atoms with Gasteiger partial charge in [0, 0.05) is 29.1 Å². The topological polar surface area (TPSA) is 145 Å². The van der Waals surface area contributed by atoms with E-state index in [0.29, 0.717) is 5.75 Å². The first-order chi connectivity index (χ1) is 16.1. The van der Waals surface area contributed by atoms with E-state index in [1.54, 1.807) is 12.1 Å². The van der Waals surface area contributed by atoms with E-state index in [1.165, 1.54) is 49.6 Å². The molecule has 3 aromatic rings. The molecule has 0 fully saturated rings. The van der Waals surface area contributed by atoms with Crippen LogP contribution < -0.4 is 14.8 Å². The molecule has 0 saturated carbocycles. The summed E-state index contributed by atoms with van der Waals surface area (Å²) in [4.78, 5) is 34.4. The Kier molecular flexibility index (Phi) is 7.49. The summed E-state index contributed by atoms with van der Waals surface area (Å²) in [6, 6.07) is 14.9. The molecule has 0 unspecified atom stereocenters. The molecule has 0 aliphatic rings. The standard InChI is InChI=1S/C22H18ClN3O7S/c1-33-18-9-4-15(5-10-18)25-34(31,32)21-12-16(6-11-19(21)23)24-22(28)13-20(27)14-2-7-17(8-3-14)26(29)30/h2-12,25H,13H2,1H3,(H,24,28). The monoisotopic (exact) mass is 503 g/mol. The van der Waals surface area contributed by atoms with Gasteiger partial charge in [-0.1, -0.05) is 11.6 Å². The number of carbonyl (C=O) groups excluding carboxylic acids is 2. The van der Waals surface area contributed by atoms with Crippen LogP contribution in [0.15, 0.2) is 71.6 Å². The molecule has 0 atom stereocenters. The lowest BCUT2D eigenvalue weighted by atomic mass is 10.1. The van der Waals surface area contributed by atoms with E-state index in [0.717, 1.165) is 12.1 Å². The molecule has 2 N–H and O–H groups in total. The Labute approximate surface area is 199 Å². The van der Waals surface area contributed by atoms with Crippen molar-refractivity contribution in [3.8, 4) is 5.75 Å². The third kappa shape index (κ3) is 6.09. The second-order valence-electron chi connectivity index (χ2n) is 6.93. The summed E-state index contributed by atoms with van der Waals surface area (Å²) in [5, 5.41) is 13.1. The molecule has 12 heteroatoms. The van der Waals surface area contributed by atoms with Gasteiger partial charge in [0.1, 0.15) is 10.6 Å². The predicted octanol–water partition coefficient (Wildman–Crippen LogP) is 4.27. The Morgan fingerprint density at radius 2 is 1.62 bits per heavy atom. The van der Waals surface area contributed by atoms with Gasteiger partial charge in [0.05, 0.1) is 23.5 Å². The first kappa shape index (κ1) is 24.7. The van der Waals surface area contributed by atoms with Crippen LogP contribution in [0.25, 0.3) is 0 Å². The summed E-state index contributed by atoms with van der Waals surface area (Å²) in [6.45, 7) is 0. The number of carbonyl (C=O) groups is 2. The minimum Gasteiger partial charge on any atom is -0.497 e. The number of hydrogen-bond acceptors (Lipinski definition) is 7. The Bertz CT molecular complexity index is 1340. The third-order valence-electron chi connectivity index (χ3n) is 4.57. The number of halogens is 1. The number of nitro groups is 1. The summed E-state index contributed by atoms with van der Waals surface area (Å²) in [6.07, 6.45) is -0.549. The Morgan fingerprint density at radius 1 is 1.00 bits per heavy atom. The van der Waals surface area contributed by atoms with Crippen LogP contribution in [0.2, 0.25) is 5.02 Å². The Morgan fingerprint density at radius 3 is 2.21 bits per heavy atom. The van der Waals surface area contributed by atoms with Gasteiger partial charge in [0.15, 0.2) is 5.78 Å². The van der Waals surface area contributed by atoms with Crippen molar-refractivity contribution >= 4 is 50.4 Å². The molecule has 1 amide bonds. The van der Waals surface area contributed by atoms with E-state index in [2.05, 4.69) is 10.0 Å². The highest BCUT2D eigenvalue weighted by molar-refractivity contribution is 7.92. The first-order valence-electron chi connectivity index (χ1n) is 9.63. The van der Waals surface area contributed by atoms with Crippen molar-refractivity contribution in [3.05, 3.63) is 87.4 Å². The fourth-order valence-electron chi connectivity index (χ4n) is 2.88. The number of rotatable bonds is 9. The number of Topliss-reactive ketones (excluding diaryl/α,β-unsaturated/α-hetero) is 1. The van der Waals surface area contributed by atoms with Gasteiger partial charge in [-0.3, -0.25) is 24.4 Å². The second kappa shape index (κ2) is 10.3. The van der Waals surface area contributed by atoms with Crippen molar-refractivity contribution in [2.24, 2.45) is 0 Å². The number of nitrogens with one attached hydrogen (secondary N) is 2. The fraction of sp³-hybridized carbons (Fsp3) is 0.0909. The van der Waals surface area contributed by atoms with Crippen LogP contribution in [0.1, 0.15) is 16.8 Å². The van der Waals surface area contributed by atoms with E-state index < -0.39 is 33.1 Å². The minimum atomic E-state index is -4.10. The van der Waals surface area contributed by atoms with E-state index >= 15 is 0 Å². The lowest BCUT2D eigenvalue weighted by molar-refractivity contribution is -0.384. The number of sulfonamides is 1. The lowest BCUT2D eigenvalue weighted by Gasteiger charge is -2.12. The quantitative estimate of drug-likeness (QED) is 0.192. The number of methoxy groups -OCH3 is 1. The zero-order valence-corrected chi connectivity index (χ0v) is 19.2. The molecule has 0 heterocycles. The Balaban J connectivity index is 1.71. The molecule has 3 aromatic carbocycles. The van der Waals surface area contributed by atoms with Crippen LogP contribution >= 0.6 is 11.6 Å². The summed E-state index contributed by atoms with van der Waals surface area (Å²) in [7, 11) is -2.61. The van der Waals surface area contributed by atoms with Gasteiger partial charge in [-0.2, -0.15) is 0 Å². The zero-order valence-electron chi connectivity index (χ0n) is 17.6. The molecule has 0 saturated heterocycles. The SMILES string of the molecule is COc1ccc(NS(=O)(=O)c2cc(NC(=O)CC(=O)c3ccc([N+](=O)[O-])cc3)ccc2Cl)cc1. The van der Waals surface area contributed by atoms with Gasteiger partial charge in [0.25, 0.3) is 15.7 Å². The van der Waals surface area contributed by atoms with Gasteiger partial charge >= 0.3 is 0 Å². The second-order valence-corrected chi connectivity index (χ2v) is 8.99. The van der Waals surface area contributed by atoms with E-state index in [-0.39, 0.29) is 32.5 Å². The smallest absolute Gasteiger partial charge is 0.269 e. The molecule has 176 valence electrons. The van der Waals surface area contributed by atoms with Gasteiger partial charge in [-0.05, 0) is 54.6 Å². The summed E-state index contributed by atoms with van der Waals surface area (Å²) < 4.78 is 33.1. The van der Waals surface area contributed by atoms with Gasteiger partial charge in [0.2, 0.25) is 5.91 Å². The molecule has 0 bridgehead atoms. The van der Waals surface area contributed by atoms with Crippen molar-refractivity contribution in [3.63, 3.8) is 0 Å². The van der Waals surface area contributed by atoms with Crippen molar-refractivity contribution in [2.45, 2.75) is 11.3 Å². The molecule has 0 aliphatic heterocycles. The molecule has 10 nitrogen and oxygen atoms in total. The lowest BCUT2D eigenvalue weighted by Crippen LogP contribution is -2.18. The maximum absolute atomic E-state index is 12.8. The van der Waals surface area contributed by atoms with Gasteiger partial charge < -0.3 is 10.1 Å². The van der Waals surface area contributed by atoms with Crippen LogP contribution in [0, 0.1) is 10.1 Å². The molecule has 0 radical (unpaired) electrons. The number of nitrogens with zero attached hydrogens (tertiary/aromatic N) is 1. The number of amides is 1. The van der Waals surface area contributed by atoms with Crippen molar-refractivity contribution in [1.82, 2.24) is 0 Å². The van der Waals surface area contributed by atoms with Crippen LogP contribution in [0.4, 0.5) is 17.1 Å². The molecule has 34 heavy (non-hydrogen) atoms. The number of hydrogen-bond donors (Lipinski definition) is 2. The number of ketones is 1. The van der Waals surface area contributed by atoms with Crippen LogP contribution in [0.5, 0.6) is 5.75 Å². The molecule has 0 spiro atoms. The number of ether oxygens (including phenoxy) is 1. The highest BCUT2D eigenvalue weighted by atomic mass is 35.5. The van der Waals surface area contributed by atoms with Gasteiger partial charge in [-0.25, -0.2) is 8.42 Å². The van der Waals surface area contributed by atoms with E-state index in [9.17, 15) is 28.1 Å². The van der Waals surface area contributed by atoms with Crippen LogP contribution in [0.3, 0.4) is 0 Å².